The molecule has 0 bridgehead atoms. The Hall–Kier alpha value is -2.41. The topological polar surface area (TPSA) is 74.8 Å². The highest BCUT2D eigenvalue weighted by Crippen LogP contribution is 2.44. The quantitative estimate of drug-likeness (QED) is 0.639. The number of halogens is 1. The number of fused-ring (bicyclic) bond motifs is 2. The maximum absolute atomic E-state index is 13.4. The molecule has 7 heteroatoms. The smallest absolute Gasteiger partial charge is 0.257 e. The van der Waals surface area contributed by atoms with E-state index in [0.717, 1.165) is 17.0 Å². The molecule has 2 unspecified atom stereocenters. The van der Waals surface area contributed by atoms with Gasteiger partial charge in [0.15, 0.2) is 5.16 Å². The summed E-state index contributed by atoms with van der Waals surface area (Å²) in [5.74, 6) is 0.0671. The van der Waals surface area contributed by atoms with E-state index < -0.39 is 11.8 Å². The minimum absolute atomic E-state index is 0.0846. The Bertz CT molecular complexity index is 952. The highest BCUT2D eigenvalue weighted by atomic mass is 32.2. The summed E-state index contributed by atoms with van der Waals surface area (Å²) in [6.07, 6.45) is 3.11. The van der Waals surface area contributed by atoms with E-state index in [4.69, 9.17) is 0 Å². The van der Waals surface area contributed by atoms with E-state index in [1.807, 2.05) is 13.0 Å². The van der Waals surface area contributed by atoms with E-state index >= 15 is 0 Å². The number of carbonyl (C=O) groups excluding carboxylic acids is 1. The number of nitrogens with zero attached hydrogens (tertiary/aromatic N) is 1. The number of ketones is 1. The molecule has 26 heavy (non-hydrogen) atoms. The maximum Gasteiger partial charge on any atom is 0.257 e. The number of carbonyl (C=O) groups is 1. The number of aromatic amines is 1. The SMILES string of the molecule is CCSc1nc2c(c(=O)[nH]1)C(c1ccc(F)cc1)C1C(=O)CCC=C1N2. The first-order valence-electron chi connectivity index (χ1n) is 8.60. The zero-order chi connectivity index (χ0) is 18.3. The normalized spacial score (nSPS) is 21.5. The molecule has 0 saturated heterocycles. The number of nitrogens with one attached hydrogen (secondary N) is 2. The maximum atomic E-state index is 13.4. The van der Waals surface area contributed by atoms with Gasteiger partial charge in [0.25, 0.3) is 5.56 Å². The van der Waals surface area contributed by atoms with Crippen molar-refractivity contribution in [3.63, 3.8) is 0 Å². The van der Waals surface area contributed by atoms with E-state index in [1.54, 1.807) is 12.1 Å². The van der Waals surface area contributed by atoms with Crippen molar-refractivity contribution in [3.05, 3.63) is 63.3 Å². The predicted octanol–water partition coefficient (Wildman–Crippen LogP) is 3.44. The lowest BCUT2D eigenvalue weighted by atomic mass is 9.72. The summed E-state index contributed by atoms with van der Waals surface area (Å²) < 4.78 is 13.4. The molecule has 0 saturated carbocycles. The van der Waals surface area contributed by atoms with Crippen molar-refractivity contribution in [2.24, 2.45) is 5.92 Å². The molecular weight excluding hydrogens is 353 g/mol. The fourth-order valence-corrected chi connectivity index (χ4v) is 4.30. The second-order valence-corrected chi connectivity index (χ2v) is 7.62. The molecule has 2 aliphatic rings. The number of anilines is 1. The van der Waals surface area contributed by atoms with Crippen LogP contribution in [-0.4, -0.2) is 21.5 Å². The first kappa shape index (κ1) is 17.0. The molecular formula is C19H18FN3O2S. The van der Waals surface area contributed by atoms with Gasteiger partial charge >= 0.3 is 0 Å². The van der Waals surface area contributed by atoms with E-state index in [0.29, 0.717) is 29.4 Å². The highest BCUT2D eigenvalue weighted by Gasteiger charge is 2.42. The Morgan fingerprint density at radius 3 is 2.73 bits per heavy atom. The summed E-state index contributed by atoms with van der Waals surface area (Å²) in [7, 11) is 0. The second-order valence-electron chi connectivity index (χ2n) is 6.36. The molecule has 0 amide bonds. The van der Waals surface area contributed by atoms with Crippen molar-refractivity contribution in [2.45, 2.75) is 30.8 Å². The molecule has 2 N–H and O–H groups in total. The van der Waals surface area contributed by atoms with Gasteiger partial charge in [0.05, 0.1) is 11.5 Å². The fourth-order valence-electron chi connectivity index (χ4n) is 3.70. The van der Waals surface area contributed by atoms with E-state index in [9.17, 15) is 14.0 Å². The number of benzene rings is 1. The first-order chi connectivity index (χ1) is 12.6. The molecule has 1 aliphatic carbocycles. The minimum Gasteiger partial charge on any atom is -0.343 e. The van der Waals surface area contributed by atoms with Crippen LogP contribution in [0.4, 0.5) is 10.2 Å². The van der Waals surface area contributed by atoms with Crippen LogP contribution in [0.25, 0.3) is 0 Å². The van der Waals surface area contributed by atoms with Crippen LogP contribution >= 0.6 is 11.8 Å². The van der Waals surface area contributed by atoms with Crippen molar-refractivity contribution < 1.29 is 9.18 Å². The monoisotopic (exact) mass is 371 g/mol. The molecule has 1 aromatic carbocycles. The van der Waals surface area contributed by atoms with Gasteiger partial charge in [-0.25, -0.2) is 9.37 Å². The highest BCUT2D eigenvalue weighted by molar-refractivity contribution is 7.99. The van der Waals surface area contributed by atoms with Crippen LogP contribution < -0.4 is 10.9 Å². The van der Waals surface area contributed by atoms with E-state index in [1.165, 1.54) is 23.9 Å². The van der Waals surface area contributed by atoms with Gasteiger partial charge in [-0.15, -0.1) is 0 Å². The molecule has 5 nitrogen and oxygen atoms in total. The van der Waals surface area contributed by atoms with Crippen molar-refractivity contribution in [1.82, 2.24) is 9.97 Å². The number of H-pyrrole nitrogens is 1. The second kappa shape index (κ2) is 6.72. The molecule has 1 aliphatic heterocycles. The van der Waals surface area contributed by atoms with Gasteiger partial charge in [-0.3, -0.25) is 9.59 Å². The van der Waals surface area contributed by atoms with Crippen molar-refractivity contribution >= 4 is 23.4 Å². The van der Waals surface area contributed by atoms with Crippen LogP contribution in [0.3, 0.4) is 0 Å². The Labute approximate surface area is 154 Å². The molecule has 1 aromatic heterocycles. The average molecular weight is 371 g/mol. The van der Waals surface area contributed by atoms with Crippen molar-refractivity contribution in [1.29, 1.82) is 0 Å². The summed E-state index contributed by atoms with van der Waals surface area (Å²) in [5.41, 5.74) is 1.71. The lowest BCUT2D eigenvalue weighted by Crippen LogP contribution is -2.38. The molecule has 134 valence electrons. The Balaban J connectivity index is 1.93. The van der Waals surface area contributed by atoms with Gasteiger partial charge in [-0.1, -0.05) is 36.9 Å². The molecule has 0 spiro atoms. The largest absolute Gasteiger partial charge is 0.343 e. The van der Waals surface area contributed by atoms with Gasteiger partial charge in [-0.2, -0.15) is 0 Å². The first-order valence-corrected chi connectivity index (χ1v) is 9.59. The minimum atomic E-state index is -0.470. The number of aromatic nitrogens is 2. The third kappa shape index (κ3) is 2.86. The molecule has 2 aromatic rings. The van der Waals surface area contributed by atoms with Crippen molar-refractivity contribution in [3.8, 4) is 0 Å². The fraction of sp³-hybridized carbons (Fsp3) is 0.316. The summed E-state index contributed by atoms with van der Waals surface area (Å²) in [5, 5.41) is 3.75. The van der Waals surface area contributed by atoms with E-state index in [2.05, 4.69) is 15.3 Å². The van der Waals surface area contributed by atoms with Gasteiger partial charge in [-0.05, 0) is 29.9 Å². The van der Waals surface area contributed by atoms with Crippen LogP contribution in [0, 0.1) is 11.7 Å². The summed E-state index contributed by atoms with van der Waals surface area (Å²) >= 11 is 1.45. The number of Topliss-reactive ketones (excluding diaryl/α,β-unsaturated/α-hetero) is 1. The number of hydrogen-bond acceptors (Lipinski definition) is 5. The summed E-state index contributed by atoms with van der Waals surface area (Å²) in [6.45, 7) is 1.98. The lowest BCUT2D eigenvalue weighted by molar-refractivity contribution is -0.122. The van der Waals surface area contributed by atoms with Gasteiger partial charge < -0.3 is 10.3 Å². The van der Waals surface area contributed by atoms with E-state index in [-0.39, 0.29) is 17.2 Å². The molecule has 0 radical (unpaired) electrons. The zero-order valence-corrected chi connectivity index (χ0v) is 15.0. The summed E-state index contributed by atoms with van der Waals surface area (Å²) in [6, 6.07) is 6.00. The number of rotatable bonds is 3. The Morgan fingerprint density at radius 1 is 1.23 bits per heavy atom. The summed E-state index contributed by atoms with van der Waals surface area (Å²) in [4.78, 5) is 32.9. The van der Waals surface area contributed by atoms with Crippen LogP contribution in [0.5, 0.6) is 0 Å². The molecule has 2 heterocycles. The van der Waals surface area contributed by atoms with Crippen LogP contribution in [0.15, 0.2) is 46.0 Å². The predicted molar refractivity (Wildman–Crippen MR) is 98.9 cm³/mol. The number of allylic oxidation sites excluding steroid dienone is 2. The number of hydrogen-bond donors (Lipinski definition) is 2. The lowest BCUT2D eigenvalue weighted by Gasteiger charge is -2.36. The van der Waals surface area contributed by atoms with Gasteiger partial charge in [0, 0.05) is 18.0 Å². The Morgan fingerprint density at radius 2 is 2.00 bits per heavy atom. The van der Waals surface area contributed by atoms with Gasteiger partial charge in [0.1, 0.15) is 17.4 Å². The molecule has 0 fully saturated rings. The third-order valence-electron chi connectivity index (χ3n) is 4.79. The Kier molecular flexibility index (Phi) is 4.40. The average Bonchev–Trinajstić information content (AvgIpc) is 2.61. The standard InChI is InChI=1S/C19H18FN3O2S/c1-2-26-19-22-17-16(18(25)23-19)14(10-6-8-11(20)9-7-10)15-12(21-17)4-3-5-13(15)24/h4,6-9,14-15H,2-3,5H2,1H3,(H2,21,22,23,25). The van der Waals surface area contributed by atoms with Crippen molar-refractivity contribution in [2.75, 3.05) is 11.1 Å². The molecule has 2 atom stereocenters. The third-order valence-corrected chi connectivity index (χ3v) is 5.54. The molecule has 4 rings (SSSR count). The van der Waals surface area contributed by atoms with Crippen LogP contribution in [0.1, 0.15) is 36.8 Å². The number of thioether (sulfide) groups is 1. The van der Waals surface area contributed by atoms with Crippen LogP contribution in [0.2, 0.25) is 0 Å². The zero-order valence-electron chi connectivity index (χ0n) is 14.2. The van der Waals surface area contributed by atoms with Gasteiger partial charge in [0.2, 0.25) is 0 Å². The van der Waals surface area contributed by atoms with Crippen LogP contribution in [-0.2, 0) is 4.79 Å².